The van der Waals surface area contributed by atoms with E-state index < -0.39 is 0 Å². The summed E-state index contributed by atoms with van der Waals surface area (Å²) >= 11 is 5.91. The third-order valence-electron chi connectivity index (χ3n) is 3.06. The number of halogens is 2. The number of hydrogen-bond donors (Lipinski definition) is 1. The van der Waals surface area contributed by atoms with E-state index in [1.165, 1.54) is 0 Å². The van der Waals surface area contributed by atoms with E-state index in [1.54, 1.807) is 17.0 Å². The van der Waals surface area contributed by atoms with Crippen molar-refractivity contribution in [1.82, 2.24) is 10.2 Å². The number of nitrogens with one attached hydrogen (secondary N) is 1. The van der Waals surface area contributed by atoms with Gasteiger partial charge in [0.2, 0.25) is 0 Å². The van der Waals surface area contributed by atoms with Crippen molar-refractivity contribution in [1.29, 1.82) is 0 Å². The van der Waals surface area contributed by atoms with Gasteiger partial charge in [0.25, 0.3) is 5.91 Å². The summed E-state index contributed by atoms with van der Waals surface area (Å²) in [7, 11) is 1.84. The molecule has 0 radical (unpaired) electrons. The fourth-order valence-electron chi connectivity index (χ4n) is 1.73. The first-order valence-electron chi connectivity index (χ1n) is 5.33. The molecule has 1 aromatic carbocycles. The van der Waals surface area contributed by atoms with Crippen molar-refractivity contribution in [3.05, 3.63) is 34.3 Å². The zero-order valence-electron chi connectivity index (χ0n) is 9.87. The molecular formula is C12H16Cl2N2O. The summed E-state index contributed by atoms with van der Waals surface area (Å²) < 4.78 is 0. The minimum Gasteiger partial charge on any atom is -0.336 e. The summed E-state index contributed by atoms with van der Waals surface area (Å²) in [4.78, 5) is 14.0. The van der Waals surface area contributed by atoms with Crippen LogP contribution in [-0.4, -0.2) is 37.0 Å². The van der Waals surface area contributed by atoms with Crippen LogP contribution in [0.15, 0.2) is 18.2 Å². The lowest BCUT2D eigenvalue weighted by Gasteiger charge is -2.35. The molecule has 3 nitrogen and oxygen atoms in total. The van der Waals surface area contributed by atoms with E-state index in [2.05, 4.69) is 5.32 Å². The molecule has 0 atom stereocenters. The molecule has 1 amide bonds. The second-order valence-corrected chi connectivity index (χ2v) is 4.62. The molecule has 0 bridgehead atoms. The van der Waals surface area contributed by atoms with Crippen LogP contribution < -0.4 is 5.32 Å². The molecule has 1 heterocycles. The van der Waals surface area contributed by atoms with Crippen molar-refractivity contribution >= 4 is 29.9 Å². The molecule has 5 heteroatoms. The molecule has 17 heavy (non-hydrogen) atoms. The zero-order valence-corrected chi connectivity index (χ0v) is 11.4. The molecule has 0 unspecified atom stereocenters. The fourth-order valence-corrected chi connectivity index (χ4v) is 1.90. The van der Waals surface area contributed by atoms with E-state index in [0.717, 1.165) is 18.7 Å². The molecule has 2 rings (SSSR count). The van der Waals surface area contributed by atoms with Crippen molar-refractivity contribution in [3.63, 3.8) is 0 Å². The van der Waals surface area contributed by atoms with E-state index in [0.29, 0.717) is 16.6 Å². The molecule has 1 aliphatic rings. The Hall–Kier alpha value is -0.770. The molecule has 1 fully saturated rings. The van der Waals surface area contributed by atoms with Crippen molar-refractivity contribution in [2.75, 3.05) is 20.1 Å². The van der Waals surface area contributed by atoms with Gasteiger partial charge in [0.1, 0.15) is 0 Å². The summed E-state index contributed by atoms with van der Waals surface area (Å²) in [6, 6.07) is 5.73. The average molecular weight is 275 g/mol. The van der Waals surface area contributed by atoms with Gasteiger partial charge < -0.3 is 10.2 Å². The largest absolute Gasteiger partial charge is 0.336 e. The standard InChI is InChI=1S/C12H15ClN2O.ClH/c1-8-3-4-9(13)5-11(8)12(16)15(2)10-6-14-7-10;/h3-5,10,14H,6-7H2,1-2H3;1H. The second-order valence-electron chi connectivity index (χ2n) is 4.19. The molecule has 94 valence electrons. The van der Waals surface area contributed by atoms with E-state index in [1.807, 2.05) is 20.0 Å². The van der Waals surface area contributed by atoms with E-state index >= 15 is 0 Å². The quantitative estimate of drug-likeness (QED) is 0.896. The zero-order chi connectivity index (χ0) is 11.7. The minimum absolute atomic E-state index is 0. The van der Waals surface area contributed by atoms with Crippen LogP contribution in [-0.2, 0) is 0 Å². The monoisotopic (exact) mass is 274 g/mol. The molecule has 1 saturated heterocycles. The molecule has 1 aliphatic heterocycles. The Morgan fingerprint density at radius 2 is 2.12 bits per heavy atom. The lowest BCUT2D eigenvalue weighted by molar-refractivity contribution is 0.0680. The van der Waals surface area contributed by atoms with Gasteiger partial charge in [-0.25, -0.2) is 0 Å². The van der Waals surface area contributed by atoms with Gasteiger partial charge in [0.15, 0.2) is 0 Å². The van der Waals surface area contributed by atoms with Crippen molar-refractivity contribution < 1.29 is 4.79 Å². The van der Waals surface area contributed by atoms with E-state index in [4.69, 9.17) is 11.6 Å². The number of hydrogen-bond acceptors (Lipinski definition) is 2. The number of carbonyl (C=O) groups is 1. The molecular weight excluding hydrogens is 259 g/mol. The number of likely N-dealkylation sites (N-methyl/N-ethyl adjacent to an activating group) is 1. The maximum atomic E-state index is 12.2. The number of amides is 1. The number of nitrogens with zero attached hydrogens (tertiary/aromatic N) is 1. The highest BCUT2D eigenvalue weighted by molar-refractivity contribution is 6.31. The van der Waals surface area contributed by atoms with Gasteiger partial charge in [-0.15, -0.1) is 12.4 Å². The molecule has 1 aromatic rings. The molecule has 1 N–H and O–H groups in total. The van der Waals surface area contributed by atoms with Crippen molar-refractivity contribution in [2.24, 2.45) is 0 Å². The number of carbonyl (C=O) groups excluding carboxylic acids is 1. The van der Waals surface area contributed by atoms with Gasteiger partial charge in [0.05, 0.1) is 6.04 Å². The molecule has 0 aromatic heterocycles. The molecule has 0 saturated carbocycles. The summed E-state index contributed by atoms with van der Waals surface area (Å²) in [6.07, 6.45) is 0. The summed E-state index contributed by atoms with van der Waals surface area (Å²) in [5.41, 5.74) is 1.66. The van der Waals surface area contributed by atoms with Crippen LogP contribution in [0, 0.1) is 6.92 Å². The van der Waals surface area contributed by atoms with Gasteiger partial charge in [-0.2, -0.15) is 0 Å². The summed E-state index contributed by atoms with van der Waals surface area (Å²) in [5.74, 6) is 0.0477. The van der Waals surface area contributed by atoms with Crippen LogP contribution in [0.2, 0.25) is 5.02 Å². The predicted molar refractivity (Wildman–Crippen MR) is 72.2 cm³/mol. The third kappa shape index (κ3) is 2.92. The Labute approximate surface area is 113 Å². The van der Waals surface area contributed by atoms with Crippen molar-refractivity contribution in [3.8, 4) is 0 Å². The van der Waals surface area contributed by atoms with Crippen LogP contribution >= 0.6 is 24.0 Å². The Balaban J connectivity index is 0.00000144. The van der Waals surface area contributed by atoms with Gasteiger partial charge >= 0.3 is 0 Å². The highest BCUT2D eigenvalue weighted by Crippen LogP contribution is 2.18. The van der Waals surface area contributed by atoms with Crippen LogP contribution in [0.3, 0.4) is 0 Å². The Kier molecular flexibility index (Phi) is 4.80. The smallest absolute Gasteiger partial charge is 0.254 e. The topological polar surface area (TPSA) is 32.3 Å². The van der Waals surface area contributed by atoms with Gasteiger partial charge in [-0.3, -0.25) is 4.79 Å². The van der Waals surface area contributed by atoms with Gasteiger partial charge in [-0.1, -0.05) is 17.7 Å². The van der Waals surface area contributed by atoms with Gasteiger partial charge in [0, 0.05) is 30.7 Å². The number of benzene rings is 1. The highest BCUT2D eigenvalue weighted by atomic mass is 35.5. The first kappa shape index (κ1) is 14.3. The average Bonchev–Trinajstić information content (AvgIpc) is 2.18. The van der Waals surface area contributed by atoms with Crippen molar-refractivity contribution in [2.45, 2.75) is 13.0 Å². The Morgan fingerprint density at radius 3 is 2.65 bits per heavy atom. The van der Waals surface area contributed by atoms with E-state index in [9.17, 15) is 4.79 Å². The fraction of sp³-hybridized carbons (Fsp3) is 0.417. The lowest BCUT2D eigenvalue weighted by Crippen LogP contribution is -2.57. The van der Waals surface area contributed by atoms with Crippen LogP contribution in [0.25, 0.3) is 0 Å². The predicted octanol–water partition coefficient (Wildman–Crippen LogP) is 2.11. The van der Waals surface area contributed by atoms with Gasteiger partial charge in [-0.05, 0) is 24.6 Å². The minimum atomic E-state index is 0. The van der Waals surface area contributed by atoms with Crippen LogP contribution in [0.1, 0.15) is 15.9 Å². The maximum Gasteiger partial charge on any atom is 0.254 e. The summed E-state index contributed by atoms with van der Waals surface area (Å²) in [6.45, 7) is 3.68. The Morgan fingerprint density at radius 1 is 1.47 bits per heavy atom. The normalized spacial score (nSPS) is 14.8. The molecule has 0 spiro atoms. The number of aryl methyl sites for hydroxylation is 1. The second kappa shape index (κ2) is 5.71. The SMILES string of the molecule is Cc1ccc(Cl)cc1C(=O)N(C)C1CNC1.Cl. The first-order chi connectivity index (χ1) is 7.59. The lowest BCUT2D eigenvalue weighted by atomic mass is 10.1. The first-order valence-corrected chi connectivity index (χ1v) is 5.71. The third-order valence-corrected chi connectivity index (χ3v) is 3.29. The Bertz CT molecular complexity index is 419. The summed E-state index contributed by atoms with van der Waals surface area (Å²) in [5, 5.41) is 3.76. The highest BCUT2D eigenvalue weighted by Gasteiger charge is 2.26. The number of rotatable bonds is 2. The van der Waals surface area contributed by atoms with Crippen LogP contribution in [0.4, 0.5) is 0 Å². The maximum absolute atomic E-state index is 12.2. The van der Waals surface area contributed by atoms with E-state index in [-0.39, 0.29) is 18.3 Å². The molecule has 0 aliphatic carbocycles. The van der Waals surface area contributed by atoms with Crippen LogP contribution in [0.5, 0.6) is 0 Å².